The Labute approximate surface area is 199 Å². The minimum Gasteiger partial charge on any atom is -0.367 e. The molecule has 2 N–H and O–H groups in total. The summed E-state index contributed by atoms with van der Waals surface area (Å²) in [6.45, 7) is 4.05. The number of aromatic nitrogens is 2. The molecule has 2 aromatic rings. The van der Waals surface area contributed by atoms with Crippen molar-refractivity contribution in [3.8, 4) is 0 Å². The molecule has 174 valence electrons. The quantitative estimate of drug-likeness (QED) is 0.618. The highest BCUT2D eigenvalue weighted by Gasteiger charge is 2.24. The Morgan fingerprint density at radius 3 is 2.44 bits per heavy atom. The highest BCUT2D eigenvalue weighted by atomic mass is 35.5. The molecule has 1 aromatic heterocycles. The summed E-state index contributed by atoms with van der Waals surface area (Å²) in [5.74, 6) is 1.93. The molecular formula is C23H30Cl2FN5O. The maximum atomic E-state index is 13.3. The van der Waals surface area contributed by atoms with Gasteiger partial charge in [0.25, 0.3) is 5.91 Å². The largest absolute Gasteiger partial charge is 0.367 e. The summed E-state index contributed by atoms with van der Waals surface area (Å²) in [4.78, 5) is 24.0. The minimum atomic E-state index is -0.520. The van der Waals surface area contributed by atoms with Crippen molar-refractivity contribution in [2.75, 3.05) is 23.3 Å². The minimum absolute atomic E-state index is 0. The number of halogens is 3. The molecule has 0 radical (unpaired) electrons. The van der Waals surface area contributed by atoms with Crippen LogP contribution in [0.3, 0.4) is 0 Å². The van der Waals surface area contributed by atoms with Gasteiger partial charge in [-0.1, -0.05) is 11.6 Å². The van der Waals surface area contributed by atoms with Crippen molar-refractivity contribution in [1.29, 1.82) is 0 Å². The first-order chi connectivity index (χ1) is 15.0. The van der Waals surface area contributed by atoms with Gasteiger partial charge in [0.2, 0.25) is 0 Å². The molecule has 6 nitrogen and oxygen atoms in total. The fraction of sp³-hybridized carbons (Fsp3) is 0.522. The number of nitrogens with zero attached hydrogens (tertiary/aromatic N) is 3. The number of rotatable bonds is 5. The molecule has 0 unspecified atom stereocenters. The molecule has 1 aromatic carbocycles. The van der Waals surface area contributed by atoms with E-state index in [1.165, 1.54) is 37.5 Å². The van der Waals surface area contributed by atoms with Crippen LogP contribution in [0, 0.1) is 12.7 Å². The second kappa shape index (κ2) is 11.1. The zero-order chi connectivity index (χ0) is 21.8. The molecule has 2 heterocycles. The van der Waals surface area contributed by atoms with Crippen LogP contribution < -0.4 is 15.5 Å². The molecule has 1 saturated carbocycles. The molecule has 1 saturated heterocycles. The van der Waals surface area contributed by atoms with E-state index in [2.05, 4.69) is 31.6 Å². The highest BCUT2D eigenvalue weighted by molar-refractivity contribution is 6.31. The lowest BCUT2D eigenvalue weighted by Gasteiger charge is -2.31. The Kier molecular flexibility index (Phi) is 8.54. The lowest BCUT2D eigenvalue weighted by atomic mass is 9.91. The van der Waals surface area contributed by atoms with Crippen molar-refractivity contribution in [2.24, 2.45) is 0 Å². The van der Waals surface area contributed by atoms with Gasteiger partial charge in [-0.15, -0.1) is 12.4 Å². The van der Waals surface area contributed by atoms with Gasteiger partial charge in [0.05, 0.1) is 5.02 Å². The second-order valence-electron chi connectivity index (χ2n) is 8.50. The molecule has 32 heavy (non-hydrogen) atoms. The van der Waals surface area contributed by atoms with E-state index in [-0.39, 0.29) is 29.4 Å². The summed E-state index contributed by atoms with van der Waals surface area (Å²) in [7, 11) is 0. The normalized spacial score (nSPS) is 20.9. The summed E-state index contributed by atoms with van der Waals surface area (Å²) >= 11 is 5.79. The summed E-state index contributed by atoms with van der Waals surface area (Å²) in [6, 6.07) is 6.53. The highest BCUT2D eigenvalue weighted by Crippen LogP contribution is 2.25. The van der Waals surface area contributed by atoms with Crippen LogP contribution >= 0.6 is 24.0 Å². The Bertz CT molecular complexity index is 931. The Hall–Kier alpha value is -2.12. The van der Waals surface area contributed by atoms with Gasteiger partial charge in [-0.25, -0.2) is 14.4 Å². The molecule has 1 amide bonds. The van der Waals surface area contributed by atoms with Crippen LogP contribution in [0.2, 0.25) is 5.02 Å². The van der Waals surface area contributed by atoms with Crippen LogP contribution in [0.1, 0.15) is 61.1 Å². The van der Waals surface area contributed by atoms with E-state index in [9.17, 15) is 9.18 Å². The van der Waals surface area contributed by atoms with Crippen LogP contribution in [0.25, 0.3) is 0 Å². The van der Waals surface area contributed by atoms with Gasteiger partial charge in [0, 0.05) is 36.8 Å². The summed E-state index contributed by atoms with van der Waals surface area (Å²) in [6.07, 6.45) is 7.36. The van der Waals surface area contributed by atoms with E-state index in [4.69, 9.17) is 11.6 Å². The maximum absolute atomic E-state index is 13.3. The van der Waals surface area contributed by atoms with Crippen molar-refractivity contribution in [3.05, 3.63) is 46.5 Å². The van der Waals surface area contributed by atoms with Gasteiger partial charge >= 0.3 is 0 Å². The van der Waals surface area contributed by atoms with Gasteiger partial charge in [0.15, 0.2) is 0 Å². The third kappa shape index (κ3) is 6.23. The first-order valence-corrected chi connectivity index (χ1v) is 11.5. The SMILES string of the molecule is Cc1nc(NC2CCC(NC(=O)c3ccc(F)c(Cl)c3)CC2)cc(N2CCCCC2)n1.Cl. The Morgan fingerprint density at radius 1 is 1.06 bits per heavy atom. The van der Waals surface area contributed by atoms with Gasteiger partial charge in [-0.2, -0.15) is 0 Å². The molecule has 0 atom stereocenters. The van der Waals surface area contributed by atoms with Crippen LogP contribution in [-0.2, 0) is 0 Å². The smallest absolute Gasteiger partial charge is 0.251 e. The van der Waals surface area contributed by atoms with Crippen molar-refractivity contribution in [2.45, 2.75) is 64.0 Å². The molecule has 9 heteroatoms. The average molecular weight is 482 g/mol. The van der Waals surface area contributed by atoms with Crippen molar-refractivity contribution >= 4 is 41.6 Å². The van der Waals surface area contributed by atoms with E-state index in [1.54, 1.807) is 0 Å². The van der Waals surface area contributed by atoms with Gasteiger partial charge in [-0.05, 0) is 70.1 Å². The number of amides is 1. The number of carbonyl (C=O) groups excluding carboxylic acids is 1. The molecule has 0 bridgehead atoms. The van der Waals surface area contributed by atoms with Crippen molar-refractivity contribution < 1.29 is 9.18 Å². The Balaban J connectivity index is 0.00000289. The molecular weight excluding hydrogens is 452 g/mol. The lowest BCUT2D eigenvalue weighted by molar-refractivity contribution is 0.0926. The monoisotopic (exact) mass is 481 g/mol. The molecule has 0 spiro atoms. The zero-order valence-electron chi connectivity index (χ0n) is 18.2. The van der Waals surface area contributed by atoms with E-state index in [0.29, 0.717) is 11.6 Å². The van der Waals surface area contributed by atoms with E-state index in [1.807, 2.05) is 6.92 Å². The van der Waals surface area contributed by atoms with E-state index >= 15 is 0 Å². The molecule has 1 aliphatic carbocycles. The Morgan fingerprint density at radius 2 is 1.75 bits per heavy atom. The number of aryl methyl sites for hydroxylation is 1. The van der Waals surface area contributed by atoms with Crippen LogP contribution in [0.15, 0.2) is 24.3 Å². The summed E-state index contributed by atoms with van der Waals surface area (Å²) in [5, 5.41) is 6.58. The topological polar surface area (TPSA) is 70.2 Å². The predicted molar refractivity (Wildman–Crippen MR) is 129 cm³/mol. The van der Waals surface area contributed by atoms with Gasteiger partial charge in [-0.3, -0.25) is 4.79 Å². The number of carbonyl (C=O) groups is 1. The molecule has 1 aliphatic heterocycles. The van der Waals surface area contributed by atoms with Crippen LogP contribution in [0.5, 0.6) is 0 Å². The molecule has 4 rings (SSSR count). The third-order valence-corrected chi connectivity index (χ3v) is 6.39. The van der Waals surface area contributed by atoms with Gasteiger partial charge < -0.3 is 15.5 Å². The zero-order valence-corrected chi connectivity index (χ0v) is 19.8. The molecule has 2 aliphatic rings. The number of hydrogen-bond donors (Lipinski definition) is 2. The average Bonchev–Trinajstić information content (AvgIpc) is 2.77. The fourth-order valence-corrected chi connectivity index (χ4v) is 4.59. The van der Waals surface area contributed by atoms with E-state index in [0.717, 1.165) is 56.2 Å². The van der Waals surface area contributed by atoms with Crippen molar-refractivity contribution in [1.82, 2.24) is 15.3 Å². The summed E-state index contributed by atoms with van der Waals surface area (Å²) in [5.41, 5.74) is 0.383. The standard InChI is InChI=1S/C23H29ClFN5O.ClH/c1-15-26-21(14-22(27-15)30-11-3-2-4-12-30)28-17-6-8-18(9-7-17)29-23(31)16-5-10-20(25)19(24)13-16;/h5,10,13-14,17-18H,2-4,6-9,11-12H2,1H3,(H,29,31)(H,26,27,28);1H. The maximum Gasteiger partial charge on any atom is 0.251 e. The predicted octanol–water partition coefficient (Wildman–Crippen LogP) is 5.14. The first-order valence-electron chi connectivity index (χ1n) is 11.1. The third-order valence-electron chi connectivity index (χ3n) is 6.10. The van der Waals surface area contributed by atoms with Gasteiger partial charge in [0.1, 0.15) is 23.3 Å². The fourth-order valence-electron chi connectivity index (χ4n) is 4.41. The summed E-state index contributed by atoms with van der Waals surface area (Å²) < 4.78 is 13.3. The number of piperidine rings is 1. The first kappa shape index (κ1) is 24.5. The number of benzene rings is 1. The van der Waals surface area contributed by atoms with Crippen molar-refractivity contribution in [3.63, 3.8) is 0 Å². The van der Waals surface area contributed by atoms with Crippen LogP contribution in [-0.4, -0.2) is 41.0 Å². The number of hydrogen-bond acceptors (Lipinski definition) is 5. The second-order valence-corrected chi connectivity index (χ2v) is 8.91. The van der Waals surface area contributed by atoms with E-state index < -0.39 is 5.82 Å². The number of nitrogens with one attached hydrogen (secondary N) is 2. The van der Waals surface area contributed by atoms with Crippen LogP contribution in [0.4, 0.5) is 16.0 Å². The lowest BCUT2D eigenvalue weighted by Crippen LogP contribution is -2.40. The molecule has 2 fully saturated rings. The number of anilines is 2.